The maximum atomic E-state index is 6.17. The van der Waals surface area contributed by atoms with Crippen molar-refractivity contribution in [2.75, 3.05) is 11.9 Å². The molecule has 0 aliphatic carbocycles. The van der Waals surface area contributed by atoms with Gasteiger partial charge in [0, 0.05) is 30.1 Å². The molecule has 0 atom stereocenters. The molecule has 3 aromatic heterocycles. The molecule has 5 nitrogen and oxygen atoms in total. The number of hydrogen-bond donors (Lipinski definition) is 1. The van der Waals surface area contributed by atoms with Gasteiger partial charge in [0.25, 0.3) is 0 Å². The van der Waals surface area contributed by atoms with Gasteiger partial charge in [0.1, 0.15) is 16.7 Å². The van der Waals surface area contributed by atoms with E-state index in [1.54, 1.807) is 12.4 Å². The van der Waals surface area contributed by atoms with Crippen molar-refractivity contribution in [3.8, 4) is 21.7 Å². The van der Waals surface area contributed by atoms with Gasteiger partial charge >= 0.3 is 0 Å². The molecule has 1 N–H and O–H groups in total. The summed E-state index contributed by atoms with van der Waals surface area (Å²) in [6.45, 7) is 2.82. The van der Waals surface area contributed by atoms with E-state index < -0.39 is 0 Å². The SMILES string of the molecule is CCNc1ncccc1-c1snnc1-c1cccnc1Cl. The summed E-state index contributed by atoms with van der Waals surface area (Å²) in [5.74, 6) is 0.812. The van der Waals surface area contributed by atoms with Gasteiger partial charge in [-0.1, -0.05) is 16.1 Å². The minimum absolute atomic E-state index is 0.417. The lowest BCUT2D eigenvalue weighted by Crippen LogP contribution is -2.00. The molecule has 7 heteroatoms. The van der Waals surface area contributed by atoms with Crippen LogP contribution >= 0.6 is 23.1 Å². The van der Waals surface area contributed by atoms with Gasteiger partial charge in [-0.2, -0.15) is 0 Å². The van der Waals surface area contributed by atoms with Crippen LogP contribution in [0.2, 0.25) is 5.15 Å². The van der Waals surface area contributed by atoms with Crippen LogP contribution in [-0.4, -0.2) is 26.1 Å². The summed E-state index contributed by atoms with van der Waals surface area (Å²) in [6, 6.07) is 7.61. The summed E-state index contributed by atoms with van der Waals surface area (Å²) < 4.78 is 4.07. The van der Waals surface area contributed by atoms with Crippen molar-refractivity contribution in [1.82, 2.24) is 19.6 Å². The molecule has 3 rings (SSSR count). The first-order chi connectivity index (χ1) is 10.3. The van der Waals surface area contributed by atoms with Crippen LogP contribution in [0.15, 0.2) is 36.7 Å². The number of aromatic nitrogens is 4. The molecule has 21 heavy (non-hydrogen) atoms. The Hall–Kier alpha value is -2.05. The zero-order valence-corrected chi connectivity index (χ0v) is 12.8. The fraction of sp³-hybridized carbons (Fsp3) is 0.143. The molecule has 0 unspecified atom stereocenters. The van der Waals surface area contributed by atoms with E-state index in [-0.39, 0.29) is 0 Å². The summed E-state index contributed by atoms with van der Waals surface area (Å²) in [6.07, 6.45) is 3.41. The van der Waals surface area contributed by atoms with Crippen LogP contribution in [0.5, 0.6) is 0 Å². The summed E-state index contributed by atoms with van der Waals surface area (Å²) in [7, 11) is 0. The van der Waals surface area contributed by atoms with Gasteiger partial charge < -0.3 is 5.32 Å². The fourth-order valence-corrected chi connectivity index (χ4v) is 2.92. The lowest BCUT2D eigenvalue weighted by molar-refractivity contribution is 1.15. The molecule has 3 aromatic rings. The first kappa shape index (κ1) is 13.9. The Labute approximate surface area is 131 Å². The molecule has 0 bridgehead atoms. The maximum absolute atomic E-state index is 6.17. The summed E-state index contributed by atoms with van der Waals surface area (Å²) in [5, 5.41) is 7.88. The highest BCUT2D eigenvalue weighted by Crippen LogP contribution is 2.38. The van der Waals surface area contributed by atoms with Crippen molar-refractivity contribution in [2.45, 2.75) is 6.92 Å². The van der Waals surface area contributed by atoms with Crippen molar-refractivity contribution in [3.05, 3.63) is 41.8 Å². The van der Waals surface area contributed by atoms with Crippen LogP contribution in [0.4, 0.5) is 5.82 Å². The van der Waals surface area contributed by atoms with Crippen LogP contribution in [0.1, 0.15) is 6.92 Å². The summed E-state index contributed by atoms with van der Waals surface area (Å²) in [4.78, 5) is 9.40. The summed E-state index contributed by atoms with van der Waals surface area (Å²) >= 11 is 7.49. The molecule has 0 fully saturated rings. The molecule has 0 aliphatic rings. The second kappa shape index (κ2) is 6.15. The Balaban J connectivity index is 2.14. The minimum Gasteiger partial charge on any atom is -0.370 e. The average Bonchev–Trinajstić information content (AvgIpc) is 2.98. The molecule has 0 radical (unpaired) electrons. The van der Waals surface area contributed by atoms with Crippen molar-refractivity contribution in [2.24, 2.45) is 0 Å². The highest BCUT2D eigenvalue weighted by Gasteiger charge is 2.18. The van der Waals surface area contributed by atoms with Gasteiger partial charge in [-0.15, -0.1) is 5.10 Å². The Bertz CT molecular complexity index is 758. The Morgan fingerprint density at radius 3 is 2.67 bits per heavy atom. The molecule has 0 amide bonds. The smallest absolute Gasteiger partial charge is 0.138 e. The van der Waals surface area contributed by atoms with Crippen LogP contribution in [0.25, 0.3) is 21.7 Å². The predicted molar refractivity (Wildman–Crippen MR) is 85.5 cm³/mol. The normalized spacial score (nSPS) is 10.6. The number of pyridine rings is 2. The van der Waals surface area contributed by atoms with Crippen LogP contribution in [0.3, 0.4) is 0 Å². The van der Waals surface area contributed by atoms with Crippen molar-refractivity contribution < 1.29 is 0 Å². The van der Waals surface area contributed by atoms with Crippen molar-refractivity contribution in [3.63, 3.8) is 0 Å². The van der Waals surface area contributed by atoms with E-state index in [4.69, 9.17) is 11.6 Å². The largest absolute Gasteiger partial charge is 0.370 e. The standard InChI is InChI=1S/C14H12ClN5S/c1-2-16-14-10(6-4-8-18-14)12-11(19-20-21-12)9-5-3-7-17-13(9)15/h3-8H,2H2,1H3,(H,16,18). The Morgan fingerprint density at radius 1 is 1.14 bits per heavy atom. The van der Waals surface area contributed by atoms with Crippen molar-refractivity contribution >= 4 is 29.0 Å². The number of nitrogens with one attached hydrogen (secondary N) is 1. The van der Waals surface area contributed by atoms with Crippen LogP contribution in [-0.2, 0) is 0 Å². The maximum Gasteiger partial charge on any atom is 0.138 e. The molecule has 0 aromatic carbocycles. The molecular weight excluding hydrogens is 306 g/mol. The van der Waals surface area contributed by atoms with E-state index in [2.05, 4.69) is 24.9 Å². The lowest BCUT2D eigenvalue weighted by Gasteiger charge is -2.08. The molecule has 0 saturated carbocycles. The molecule has 3 heterocycles. The topological polar surface area (TPSA) is 63.6 Å². The number of nitrogens with zero attached hydrogens (tertiary/aromatic N) is 4. The third-order valence-corrected chi connectivity index (χ3v) is 3.96. The Kier molecular flexibility index (Phi) is 4.08. The molecular formula is C14H12ClN5S. The quantitative estimate of drug-likeness (QED) is 0.742. The highest BCUT2D eigenvalue weighted by atomic mass is 35.5. The monoisotopic (exact) mass is 317 g/mol. The van der Waals surface area contributed by atoms with Crippen LogP contribution in [0, 0.1) is 0 Å². The van der Waals surface area contributed by atoms with E-state index in [1.165, 1.54) is 11.5 Å². The fourth-order valence-electron chi connectivity index (χ4n) is 2.00. The van der Waals surface area contributed by atoms with E-state index in [0.29, 0.717) is 5.15 Å². The van der Waals surface area contributed by atoms with E-state index >= 15 is 0 Å². The zero-order valence-electron chi connectivity index (χ0n) is 11.2. The minimum atomic E-state index is 0.417. The summed E-state index contributed by atoms with van der Waals surface area (Å²) in [5.41, 5.74) is 2.46. The third-order valence-electron chi connectivity index (χ3n) is 2.90. The average molecular weight is 318 g/mol. The van der Waals surface area contributed by atoms with Gasteiger partial charge in [-0.3, -0.25) is 0 Å². The molecule has 106 valence electrons. The van der Waals surface area contributed by atoms with Gasteiger partial charge in [0.2, 0.25) is 0 Å². The van der Waals surface area contributed by atoms with E-state index in [0.717, 1.165) is 34.1 Å². The molecule has 0 aliphatic heterocycles. The van der Waals surface area contributed by atoms with Gasteiger partial charge in [0.05, 0.1) is 4.88 Å². The number of anilines is 1. The number of rotatable bonds is 4. The Morgan fingerprint density at radius 2 is 1.90 bits per heavy atom. The highest BCUT2D eigenvalue weighted by molar-refractivity contribution is 7.10. The lowest BCUT2D eigenvalue weighted by atomic mass is 10.1. The predicted octanol–water partition coefficient (Wildman–Crippen LogP) is 3.75. The third kappa shape index (κ3) is 2.72. The van der Waals surface area contributed by atoms with Crippen LogP contribution < -0.4 is 5.32 Å². The number of halogens is 1. The second-order valence-electron chi connectivity index (χ2n) is 4.22. The first-order valence-corrected chi connectivity index (χ1v) is 7.59. The van der Waals surface area contributed by atoms with Crippen molar-refractivity contribution in [1.29, 1.82) is 0 Å². The van der Waals surface area contributed by atoms with E-state index in [1.807, 2.05) is 31.2 Å². The number of hydrogen-bond acceptors (Lipinski definition) is 6. The molecule has 0 saturated heterocycles. The van der Waals surface area contributed by atoms with Gasteiger partial charge in [0.15, 0.2) is 0 Å². The van der Waals surface area contributed by atoms with Gasteiger partial charge in [-0.25, -0.2) is 9.97 Å². The zero-order chi connectivity index (χ0) is 14.7. The van der Waals surface area contributed by atoms with Gasteiger partial charge in [-0.05, 0) is 42.7 Å². The first-order valence-electron chi connectivity index (χ1n) is 6.43. The van der Waals surface area contributed by atoms with E-state index in [9.17, 15) is 0 Å². The molecule has 0 spiro atoms. The second-order valence-corrected chi connectivity index (χ2v) is 5.33.